The number of anilines is 1. The Hall–Kier alpha value is -2.04. The van der Waals surface area contributed by atoms with E-state index in [1.807, 2.05) is 0 Å². The number of carbonyl (C=O) groups excluding carboxylic acids is 1. The molecule has 17 heavy (non-hydrogen) atoms. The summed E-state index contributed by atoms with van der Waals surface area (Å²) in [5.41, 5.74) is 1.54. The molecule has 1 aliphatic rings. The zero-order valence-corrected chi connectivity index (χ0v) is 9.35. The third-order valence-corrected chi connectivity index (χ3v) is 2.68. The fourth-order valence-corrected chi connectivity index (χ4v) is 1.84. The minimum absolute atomic E-state index is 0.00643. The molecular formula is C12H14N2O3. The maximum Gasteiger partial charge on any atom is 0.321 e. The highest BCUT2D eigenvalue weighted by Gasteiger charge is 2.18. The number of carbonyl (C=O) groups is 2. The molecule has 0 aromatic heterocycles. The predicted octanol–water partition coefficient (Wildman–Crippen LogP) is 1.23. The molecule has 2 N–H and O–H groups in total. The summed E-state index contributed by atoms with van der Waals surface area (Å²) in [5.74, 6) is -0.853. The summed E-state index contributed by atoms with van der Waals surface area (Å²) in [6.07, 6.45) is 0.926. The van der Waals surface area contributed by atoms with E-state index in [-0.39, 0.29) is 12.5 Å². The zero-order chi connectivity index (χ0) is 12.3. The molecule has 0 spiro atoms. The number of hydrogen-bond donors (Lipinski definition) is 2. The lowest BCUT2D eigenvalue weighted by Gasteiger charge is -2.27. The van der Waals surface area contributed by atoms with Crippen molar-refractivity contribution in [2.24, 2.45) is 0 Å². The number of nitrogens with zero attached hydrogens (tertiary/aromatic N) is 1. The van der Waals surface area contributed by atoms with Gasteiger partial charge in [-0.25, -0.2) is 4.79 Å². The van der Waals surface area contributed by atoms with Crippen LogP contribution in [0.2, 0.25) is 0 Å². The van der Waals surface area contributed by atoms with Gasteiger partial charge < -0.3 is 10.4 Å². The van der Waals surface area contributed by atoms with Gasteiger partial charge in [-0.15, -0.1) is 0 Å². The first-order valence-electron chi connectivity index (χ1n) is 5.53. The van der Waals surface area contributed by atoms with Crippen molar-refractivity contribution in [3.8, 4) is 0 Å². The summed E-state index contributed by atoms with van der Waals surface area (Å²) in [7, 11) is 0. The van der Waals surface area contributed by atoms with Crippen LogP contribution < -0.4 is 10.2 Å². The van der Waals surface area contributed by atoms with Crippen LogP contribution in [0.5, 0.6) is 0 Å². The number of urea groups is 1. The standard InChI is InChI=1S/C12H14N2O3/c15-11(16)8-9-2-4-10(5-3-9)14-7-1-6-13-12(14)17/h2-5H,1,6-8H2,(H,13,17)(H,15,16). The number of aliphatic carboxylic acids is 1. The van der Waals surface area contributed by atoms with Crippen molar-refractivity contribution in [3.63, 3.8) is 0 Å². The van der Waals surface area contributed by atoms with E-state index in [2.05, 4.69) is 5.32 Å². The Morgan fingerprint density at radius 2 is 2.06 bits per heavy atom. The Kier molecular flexibility index (Phi) is 3.27. The minimum atomic E-state index is -0.853. The molecule has 1 saturated heterocycles. The van der Waals surface area contributed by atoms with E-state index < -0.39 is 5.97 Å². The van der Waals surface area contributed by atoms with Crippen molar-refractivity contribution in [2.75, 3.05) is 18.0 Å². The van der Waals surface area contributed by atoms with E-state index >= 15 is 0 Å². The highest BCUT2D eigenvalue weighted by atomic mass is 16.4. The molecule has 1 fully saturated rings. The summed E-state index contributed by atoms with van der Waals surface area (Å²) < 4.78 is 0. The van der Waals surface area contributed by atoms with E-state index in [4.69, 9.17) is 5.11 Å². The molecule has 1 aromatic rings. The third-order valence-electron chi connectivity index (χ3n) is 2.68. The quantitative estimate of drug-likeness (QED) is 0.826. The SMILES string of the molecule is O=C(O)Cc1ccc(N2CCCNC2=O)cc1. The predicted molar refractivity (Wildman–Crippen MR) is 63.1 cm³/mol. The molecule has 0 aliphatic carbocycles. The number of hydrogen-bond acceptors (Lipinski definition) is 2. The van der Waals surface area contributed by atoms with Crippen LogP contribution in [-0.2, 0) is 11.2 Å². The van der Waals surface area contributed by atoms with Crippen molar-refractivity contribution in [3.05, 3.63) is 29.8 Å². The second-order valence-corrected chi connectivity index (χ2v) is 3.97. The van der Waals surface area contributed by atoms with Crippen molar-refractivity contribution in [1.82, 2.24) is 5.32 Å². The summed E-state index contributed by atoms with van der Waals surface area (Å²) in [5, 5.41) is 11.4. The third kappa shape index (κ3) is 2.75. The molecule has 0 bridgehead atoms. The summed E-state index contributed by atoms with van der Waals surface area (Å²) in [4.78, 5) is 23.8. The van der Waals surface area contributed by atoms with Gasteiger partial charge in [0.1, 0.15) is 0 Å². The van der Waals surface area contributed by atoms with Crippen LogP contribution in [0.15, 0.2) is 24.3 Å². The van der Waals surface area contributed by atoms with Gasteiger partial charge in [0.15, 0.2) is 0 Å². The normalized spacial score (nSPS) is 15.5. The molecule has 2 amide bonds. The maximum atomic E-state index is 11.6. The van der Waals surface area contributed by atoms with Gasteiger partial charge in [-0.05, 0) is 24.1 Å². The highest BCUT2D eigenvalue weighted by molar-refractivity contribution is 5.92. The molecule has 0 unspecified atom stereocenters. The van der Waals surface area contributed by atoms with Gasteiger partial charge >= 0.3 is 12.0 Å². The first-order valence-corrected chi connectivity index (χ1v) is 5.53. The van der Waals surface area contributed by atoms with Crippen LogP contribution in [0, 0.1) is 0 Å². The lowest BCUT2D eigenvalue weighted by atomic mass is 10.1. The van der Waals surface area contributed by atoms with E-state index in [1.165, 1.54) is 0 Å². The molecule has 1 aliphatic heterocycles. The van der Waals surface area contributed by atoms with Gasteiger partial charge in [-0.1, -0.05) is 12.1 Å². The second kappa shape index (κ2) is 4.86. The number of amides is 2. The Labute approximate surface area is 99.0 Å². The molecule has 5 nitrogen and oxygen atoms in total. The molecular weight excluding hydrogens is 220 g/mol. The zero-order valence-electron chi connectivity index (χ0n) is 9.35. The fourth-order valence-electron chi connectivity index (χ4n) is 1.84. The number of carboxylic acid groups (broad SMARTS) is 1. The Morgan fingerprint density at radius 1 is 1.35 bits per heavy atom. The van der Waals surface area contributed by atoms with Gasteiger partial charge in [0.05, 0.1) is 6.42 Å². The lowest BCUT2D eigenvalue weighted by molar-refractivity contribution is -0.136. The summed E-state index contributed by atoms with van der Waals surface area (Å²) in [6.45, 7) is 1.41. The minimum Gasteiger partial charge on any atom is -0.481 e. The molecule has 2 rings (SSSR count). The van der Waals surface area contributed by atoms with E-state index in [1.54, 1.807) is 29.2 Å². The maximum absolute atomic E-state index is 11.6. The topological polar surface area (TPSA) is 69.6 Å². The van der Waals surface area contributed by atoms with Gasteiger partial charge in [0.2, 0.25) is 0 Å². The molecule has 1 aromatic carbocycles. The number of carboxylic acids is 1. The smallest absolute Gasteiger partial charge is 0.321 e. The summed E-state index contributed by atoms with van der Waals surface area (Å²) in [6, 6.07) is 6.95. The monoisotopic (exact) mass is 234 g/mol. The van der Waals surface area contributed by atoms with E-state index in [0.717, 1.165) is 17.7 Å². The van der Waals surface area contributed by atoms with Crippen LogP contribution in [0.25, 0.3) is 0 Å². The summed E-state index contributed by atoms with van der Waals surface area (Å²) >= 11 is 0. The lowest BCUT2D eigenvalue weighted by Crippen LogP contribution is -2.46. The number of benzene rings is 1. The molecule has 90 valence electrons. The first kappa shape index (κ1) is 11.4. The van der Waals surface area contributed by atoms with Crippen molar-refractivity contribution >= 4 is 17.7 Å². The highest BCUT2D eigenvalue weighted by Crippen LogP contribution is 2.17. The number of nitrogens with one attached hydrogen (secondary N) is 1. The first-order chi connectivity index (χ1) is 8.16. The van der Waals surface area contributed by atoms with Crippen molar-refractivity contribution in [2.45, 2.75) is 12.8 Å². The van der Waals surface area contributed by atoms with Crippen LogP contribution in [0.3, 0.4) is 0 Å². The molecule has 0 radical (unpaired) electrons. The average molecular weight is 234 g/mol. The molecule has 0 saturated carbocycles. The van der Waals surface area contributed by atoms with E-state index in [9.17, 15) is 9.59 Å². The van der Waals surface area contributed by atoms with Crippen molar-refractivity contribution < 1.29 is 14.7 Å². The molecule has 0 atom stereocenters. The Balaban J connectivity index is 2.11. The van der Waals surface area contributed by atoms with Gasteiger partial charge in [0, 0.05) is 18.8 Å². The van der Waals surface area contributed by atoms with Crippen LogP contribution in [-0.4, -0.2) is 30.2 Å². The second-order valence-electron chi connectivity index (χ2n) is 3.97. The number of rotatable bonds is 3. The van der Waals surface area contributed by atoms with Crippen LogP contribution in [0.1, 0.15) is 12.0 Å². The fraction of sp³-hybridized carbons (Fsp3) is 0.333. The van der Waals surface area contributed by atoms with Crippen molar-refractivity contribution in [1.29, 1.82) is 0 Å². The van der Waals surface area contributed by atoms with E-state index in [0.29, 0.717) is 13.1 Å². The van der Waals surface area contributed by atoms with Gasteiger partial charge in [-0.2, -0.15) is 0 Å². The molecule has 1 heterocycles. The van der Waals surface area contributed by atoms with Gasteiger partial charge in [-0.3, -0.25) is 9.69 Å². The molecule has 5 heteroatoms. The Morgan fingerprint density at radius 3 is 2.65 bits per heavy atom. The Bertz CT molecular complexity index is 428. The largest absolute Gasteiger partial charge is 0.481 e. The average Bonchev–Trinajstić information content (AvgIpc) is 2.30. The van der Waals surface area contributed by atoms with Crippen LogP contribution >= 0.6 is 0 Å². The van der Waals surface area contributed by atoms with Crippen LogP contribution in [0.4, 0.5) is 10.5 Å². The van der Waals surface area contributed by atoms with Gasteiger partial charge in [0.25, 0.3) is 0 Å².